The Kier molecular flexibility index (Phi) is 3.95. The van der Waals surface area contributed by atoms with Crippen LogP contribution in [0.15, 0.2) is 40.9 Å². The molecule has 0 heterocycles. The lowest BCUT2D eigenvalue weighted by atomic mass is 10.0. The molecular formula is C13H8BrCl2NO. The summed E-state index contributed by atoms with van der Waals surface area (Å²) in [4.78, 5) is 12.3. The number of benzene rings is 2. The number of nitrogen functional groups attached to an aromatic ring is 1. The molecule has 0 aliphatic heterocycles. The Morgan fingerprint density at radius 2 is 1.83 bits per heavy atom. The van der Waals surface area contributed by atoms with E-state index < -0.39 is 0 Å². The maximum Gasteiger partial charge on any atom is 0.194 e. The Morgan fingerprint density at radius 1 is 1.11 bits per heavy atom. The first-order valence-electron chi connectivity index (χ1n) is 5.04. The third-order valence-corrected chi connectivity index (χ3v) is 3.72. The summed E-state index contributed by atoms with van der Waals surface area (Å²) in [7, 11) is 0. The average molecular weight is 345 g/mol. The maximum atomic E-state index is 12.3. The summed E-state index contributed by atoms with van der Waals surface area (Å²) >= 11 is 15.1. The highest BCUT2D eigenvalue weighted by atomic mass is 79.9. The van der Waals surface area contributed by atoms with E-state index in [9.17, 15) is 4.79 Å². The largest absolute Gasteiger partial charge is 0.398 e. The Labute approximate surface area is 123 Å². The van der Waals surface area contributed by atoms with Crippen LogP contribution in [0, 0.1) is 0 Å². The van der Waals surface area contributed by atoms with E-state index in [0.29, 0.717) is 26.9 Å². The summed E-state index contributed by atoms with van der Waals surface area (Å²) in [5.74, 6) is -0.207. The fourth-order valence-electron chi connectivity index (χ4n) is 1.51. The number of carbonyl (C=O) groups excluding carboxylic acids is 1. The minimum atomic E-state index is -0.207. The summed E-state index contributed by atoms with van der Waals surface area (Å²) in [6, 6.07) is 9.78. The lowest BCUT2D eigenvalue weighted by Gasteiger charge is -2.06. The molecule has 2 rings (SSSR count). The zero-order chi connectivity index (χ0) is 13.3. The zero-order valence-electron chi connectivity index (χ0n) is 9.08. The summed E-state index contributed by atoms with van der Waals surface area (Å²) in [6.45, 7) is 0. The molecule has 0 radical (unpaired) electrons. The normalized spacial score (nSPS) is 10.4. The van der Waals surface area contributed by atoms with E-state index >= 15 is 0 Å². The van der Waals surface area contributed by atoms with Gasteiger partial charge < -0.3 is 5.73 Å². The highest BCUT2D eigenvalue weighted by Gasteiger charge is 2.14. The fourth-order valence-corrected chi connectivity index (χ4v) is 2.13. The van der Waals surface area contributed by atoms with Gasteiger partial charge >= 0.3 is 0 Å². The van der Waals surface area contributed by atoms with Crippen LogP contribution in [0.3, 0.4) is 0 Å². The van der Waals surface area contributed by atoms with Gasteiger partial charge in [0.25, 0.3) is 0 Å². The second kappa shape index (κ2) is 5.31. The van der Waals surface area contributed by atoms with Crippen molar-refractivity contribution in [2.24, 2.45) is 0 Å². The van der Waals surface area contributed by atoms with Crippen molar-refractivity contribution in [2.45, 2.75) is 0 Å². The molecule has 0 atom stereocenters. The van der Waals surface area contributed by atoms with Crippen molar-refractivity contribution in [3.8, 4) is 0 Å². The number of hydrogen-bond donors (Lipinski definition) is 1. The number of rotatable bonds is 2. The van der Waals surface area contributed by atoms with Gasteiger partial charge in [0.1, 0.15) is 0 Å². The van der Waals surface area contributed by atoms with E-state index in [0.717, 1.165) is 4.47 Å². The number of ketones is 1. The first kappa shape index (κ1) is 13.4. The smallest absolute Gasteiger partial charge is 0.194 e. The van der Waals surface area contributed by atoms with E-state index in [1.165, 1.54) is 0 Å². The molecule has 18 heavy (non-hydrogen) atoms. The number of nitrogens with two attached hydrogens (primary N) is 1. The molecular weight excluding hydrogens is 337 g/mol. The van der Waals surface area contributed by atoms with Crippen LogP contribution in [0.2, 0.25) is 10.0 Å². The number of anilines is 1. The molecule has 5 heteroatoms. The van der Waals surface area contributed by atoms with Crippen molar-refractivity contribution < 1.29 is 4.79 Å². The molecule has 2 nitrogen and oxygen atoms in total. The van der Waals surface area contributed by atoms with Crippen molar-refractivity contribution in [3.05, 3.63) is 62.0 Å². The van der Waals surface area contributed by atoms with Crippen LogP contribution >= 0.6 is 39.1 Å². The number of hydrogen-bond acceptors (Lipinski definition) is 2. The minimum absolute atomic E-state index is 0.207. The number of carbonyl (C=O) groups is 1. The quantitative estimate of drug-likeness (QED) is 0.640. The van der Waals surface area contributed by atoms with Crippen LogP contribution < -0.4 is 5.73 Å². The molecule has 92 valence electrons. The summed E-state index contributed by atoms with van der Waals surface area (Å²) in [5, 5.41) is 0.832. The zero-order valence-corrected chi connectivity index (χ0v) is 12.2. The second-order valence-corrected chi connectivity index (χ2v) is 5.39. The molecule has 0 saturated carbocycles. The lowest BCUT2D eigenvalue weighted by molar-refractivity contribution is 0.103. The van der Waals surface area contributed by atoms with Gasteiger partial charge in [-0.05, 0) is 52.3 Å². The highest BCUT2D eigenvalue weighted by Crippen LogP contribution is 2.26. The summed E-state index contributed by atoms with van der Waals surface area (Å²) in [6.07, 6.45) is 0. The molecule has 0 spiro atoms. The van der Waals surface area contributed by atoms with Crippen LogP contribution in [0.1, 0.15) is 15.9 Å². The van der Waals surface area contributed by atoms with Crippen LogP contribution in [0.25, 0.3) is 0 Å². The Balaban J connectivity index is 2.47. The third-order valence-electron chi connectivity index (χ3n) is 2.43. The van der Waals surface area contributed by atoms with Crippen molar-refractivity contribution in [3.63, 3.8) is 0 Å². The van der Waals surface area contributed by atoms with Gasteiger partial charge in [0.2, 0.25) is 0 Å². The van der Waals surface area contributed by atoms with E-state index in [2.05, 4.69) is 15.9 Å². The summed E-state index contributed by atoms with van der Waals surface area (Å²) in [5.41, 5.74) is 7.08. The Hall–Kier alpha value is -1.03. The first-order chi connectivity index (χ1) is 8.49. The van der Waals surface area contributed by atoms with Crippen LogP contribution in [0.4, 0.5) is 5.69 Å². The van der Waals surface area contributed by atoms with Crippen molar-refractivity contribution >= 4 is 50.6 Å². The molecule has 2 aromatic carbocycles. The van der Waals surface area contributed by atoms with Crippen molar-refractivity contribution in [2.75, 3.05) is 5.73 Å². The number of halogens is 3. The van der Waals surface area contributed by atoms with Gasteiger partial charge in [0.15, 0.2) is 5.78 Å². The molecule has 0 saturated heterocycles. The molecule has 0 unspecified atom stereocenters. The van der Waals surface area contributed by atoms with Gasteiger partial charge in [0, 0.05) is 26.3 Å². The van der Waals surface area contributed by atoms with Crippen LogP contribution in [0.5, 0.6) is 0 Å². The molecule has 0 aliphatic carbocycles. The summed E-state index contributed by atoms with van der Waals surface area (Å²) < 4.78 is 0.747. The van der Waals surface area contributed by atoms with E-state index in [1.807, 2.05) is 0 Å². The Bertz CT molecular complexity index is 628. The Morgan fingerprint density at radius 3 is 2.50 bits per heavy atom. The van der Waals surface area contributed by atoms with Crippen molar-refractivity contribution in [1.29, 1.82) is 0 Å². The van der Waals surface area contributed by atoms with Crippen LogP contribution in [-0.4, -0.2) is 5.78 Å². The predicted molar refractivity (Wildman–Crippen MR) is 78.4 cm³/mol. The van der Waals surface area contributed by atoms with E-state index in [-0.39, 0.29) is 5.78 Å². The van der Waals surface area contributed by atoms with Gasteiger partial charge in [-0.1, -0.05) is 23.2 Å². The van der Waals surface area contributed by atoms with Gasteiger partial charge in [-0.25, -0.2) is 0 Å². The molecule has 0 aromatic heterocycles. The SMILES string of the molecule is Nc1cc(C(=O)c2cc(Cl)ccc2Cl)ccc1Br. The lowest BCUT2D eigenvalue weighted by Crippen LogP contribution is -2.03. The van der Waals surface area contributed by atoms with E-state index in [4.69, 9.17) is 28.9 Å². The maximum absolute atomic E-state index is 12.3. The monoisotopic (exact) mass is 343 g/mol. The highest BCUT2D eigenvalue weighted by molar-refractivity contribution is 9.10. The predicted octanol–water partition coefficient (Wildman–Crippen LogP) is 4.57. The topological polar surface area (TPSA) is 43.1 Å². The van der Waals surface area contributed by atoms with Gasteiger partial charge in [-0.3, -0.25) is 4.79 Å². The van der Waals surface area contributed by atoms with Crippen molar-refractivity contribution in [1.82, 2.24) is 0 Å². The minimum Gasteiger partial charge on any atom is -0.398 e. The van der Waals surface area contributed by atoms with Gasteiger partial charge in [-0.15, -0.1) is 0 Å². The molecule has 0 aliphatic rings. The molecule has 2 aromatic rings. The molecule has 0 fully saturated rings. The van der Waals surface area contributed by atoms with E-state index in [1.54, 1.807) is 36.4 Å². The average Bonchev–Trinajstić information content (AvgIpc) is 2.35. The first-order valence-corrected chi connectivity index (χ1v) is 6.58. The molecule has 0 amide bonds. The van der Waals surface area contributed by atoms with Gasteiger partial charge in [0.05, 0.1) is 5.02 Å². The second-order valence-electron chi connectivity index (χ2n) is 3.69. The molecule has 0 bridgehead atoms. The van der Waals surface area contributed by atoms with Gasteiger partial charge in [-0.2, -0.15) is 0 Å². The fraction of sp³-hybridized carbons (Fsp3) is 0. The van der Waals surface area contributed by atoms with Crippen LogP contribution in [-0.2, 0) is 0 Å². The molecule has 2 N–H and O–H groups in total. The standard InChI is InChI=1S/C13H8BrCl2NO/c14-10-3-1-7(5-12(10)17)13(18)9-6-8(15)2-4-11(9)16/h1-6H,17H2. The third kappa shape index (κ3) is 2.69.